The van der Waals surface area contributed by atoms with Gasteiger partial charge < -0.3 is 15.0 Å². The fourth-order valence-corrected chi connectivity index (χ4v) is 5.74. The highest BCUT2D eigenvalue weighted by Gasteiger charge is 2.49. The Morgan fingerprint density at radius 1 is 1.22 bits per heavy atom. The lowest BCUT2D eigenvalue weighted by Gasteiger charge is -2.52. The number of carbonyl (C=O) groups is 1. The zero-order valence-corrected chi connectivity index (χ0v) is 17.0. The molecule has 2 aliphatic heterocycles. The number of nitrogens with zero attached hydrogens (tertiary/aromatic N) is 1. The van der Waals surface area contributed by atoms with Gasteiger partial charge in [0, 0.05) is 49.1 Å². The Kier molecular flexibility index (Phi) is 5.19. The Labute approximate surface area is 163 Å². The molecular formula is C23H34N2O2. The first kappa shape index (κ1) is 18.8. The summed E-state index contributed by atoms with van der Waals surface area (Å²) in [5.41, 5.74) is 2.43. The van der Waals surface area contributed by atoms with Crippen molar-refractivity contribution in [2.24, 2.45) is 11.8 Å². The van der Waals surface area contributed by atoms with Gasteiger partial charge in [-0.25, -0.2) is 0 Å². The molecule has 1 amide bonds. The highest BCUT2D eigenvalue weighted by atomic mass is 16.5. The molecule has 3 aliphatic rings. The molecule has 0 unspecified atom stereocenters. The summed E-state index contributed by atoms with van der Waals surface area (Å²) in [6.07, 6.45) is 7.14. The summed E-state index contributed by atoms with van der Waals surface area (Å²) >= 11 is 0. The zero-order chi connectivity index (χ0) is 19.0. The van der Waals surface area contributed by atoms with Gasteiger partial charge >= 0.3 is 0 Å². The van der Waals surface area contributed by atoms with Crippen LogP contribution in [0.1, 0.15) is 71.0 Å². The van der Waals surface area contributed by atoms with Crippen LogP contribution < -0.4 is 10.2 Å². The molecule has 2 saturated heterocycles. The first-order valence-electron chi connectivity index (χ1n) is 10.7. The molecule has 1 aromatic carbocycles. The average molecular weight is 371 g/mol. The lowest BCUT2D eigenvalue weighted by atomic mass is 9.66. The smallest absolute Gasteiger partial charge is 0.217 e. The molecule has 3 fully saturated rings. The minimum Gasteiger partial charge on any atom is -0.371 e. The van der Waals surface area contributed by atoms with Gasteiger partial charge in [-0.3, -0.25) is 4.79 Å². The summed E-state index contributed by atoms with van der Waals surface area (Å²) in [6.45, 7) is 8.49. The summed E-state index contributed by atoms with van der Waals surface area (Å²) in [5, 5.41) is 3.33. The molecule has 1 aliphatic carbocycles. The second-order valence-corrected chi connectivity index (χ2v) is 9.24. The highest BCUT2D eigenvalue weighted by Crippen LogP contribution is 2.49. The number of carbonyl (C=O) groups excluding carboxylic acids is 1. The van der Waals surface area contributed by atoms with E-state index in [9.17, 15) is 4.79 Å². The normalized spacial score (nSPS) is 36.3. The van der Waals surface area contributed by atoms with Crippen molar-refractivity contribution in [1.82, 2.24) is 5.32 Å². The van der Waals surface area contributed by atoms with Crippen LogP contribution in [0.15, 0.2) is 24.3 Å². The summed E-state index contributed by atoms with van der Waals surface area (Å²) < 4.78 is 6.75. The van der Waals surface area contributed by atoms with E-state index in [0.717, 1.165) is 32.4 Å². The van der Waals surface area contributed by atoms with Crippen molar-refractivity contribution in [1.29, 1.82) is 0 Å². The van der Waals surface area contributed by atoms with E-state index in [4.69, 9.17) is 4.74 Å². The Bertz CT molecular complexity index is 685. The number of hydrogen-bond acceptors (Lipinski definition) is 3. The minimum atomic E-state index is -0.197. The fraction of sp³-hybridized carbons (Fsp3) is 0.696. The molecule has 4 nitrogen and oxygen atoms in total. The van der Waals surface area contributed by atoms with Gasteiger partial charge in [-0.05, 0) is 44.6 Å². The van der Waals surface area contributed by atoms with Crippen molar-refractivity contribution in [3.63, 3.8) is 0 Å². The molecule has 0 spiro atoms. The Hall–Kier alpha value is -1.55. The number of hydrogen-bond donors (Lipinski definition) is 1. The van der Waals surface area contributed by atoms with Gasteiger partial charge in [0.25, 0.3) is 0 Å². The Balaban J connectivity index is 1.66. The number of ether oxygens (including phenoxy) is 1. The maximum absolute atomic E-state index is 12.0. The van der Waals surface area contributed by atoms with Crippen molar-refractivity contribution >= 4 is 11.6 Å². The topological polar surface area (TPSA) is 41.6 Å². The third-order valence-corrected chi connectivity index (χ3v) is 7.01. The Morgan fingerprint density at radius 2 is 1.96 bits per heavy atom. The van der Waals surface area contributed by atoms with Gasteiger partial charge in [0.05, 0.1) is 12.2 Å². The third kappa shape index (κ3) is 3.73. The van der Waals surface area contributed by atoms with Crippen LogP contribution in [-0.2, 0) is 9.53 Å². The molecule has 0 radical (unpaired) electrons. The molecule has 4 heteroatoms. The van der Waals surface area contributed by atoms with Crippen LogP contribution in [-0.4, -0.2) is 30.6 Å². The predicted molar refractivity (Wildman–Crippen MR) is 109 cm³/mol. The lowest BCUT2D eigenvalue weighted by molar-refractivity contribution is -0.152. The van der Waals surface area contributed by atoms with Crippen molar-refractivity contribution < 1.29 is 9.53 Å². The van der Waals surface area contributed by atoms with Crippen LogP contribution in [0.2, 0.25) is 0 Å². The van der Waals surface area contributed by atoms with E-state index >= 15 is 0 Å². The molecule has 1 N–H and O–H groups in total. The Morgan fingerprint density at radius 3 is 2.70 bits per heavy atom. The molecule has 0 bridgehead atoms. The number of para-hydroxylation sites is 1. The van der Waals surface area contributed by atoms with E-state index in [-0.39, 0.29) is 23.7 Å². The standard InChI is InChI=1S/C23H34N2O2/c1-16-10-11-19-21(14-16)27-22(15-23(19,3)24-17(2)26)18-8-4-5-9-20(18)25-12-6-7-13-25/h4-5,8-9,16,19,21-22H,6-7,10-15H2,1-3H3,(H,24,26)/t16-,19-,21-,22-,23-/m1/s1. The van der Waals surface area contributed by atoms with Gasteiger partial charge in [-0.1, -0.05) is 31.5 Å². The highest BCUT2D eigenvalue weighted by molar-refractivity contribution is 5.74. The van der Waals surface area contributed by atoms with Crippen LogP contribution >= 0.6 is 0 Å². The molecule has 148 valence electrons. The third-order valence-electron chi connectivity index (χ3n) is 7.01. The van der Waals surface area contributed by atoms with Gasteiger partial charge in [0.15, 0.2) is 0 Å². The quantitative estimate of drug-likeness (QED) is 0.855. The first-order chi connectivity index (χ1) is 13.0. The van der Waals surface area contributed by atoms with Gasteiger partial charge in [0.1, 0.15) is 0 Å². The van der Waals surface area contributed by atoms with Crippen molar-refractivity contribution in [2.45, 2.75) is 77.0 Å². The summed E-state index contributed by atoms with van der Waals surface area (Å²) in [4.78, 5) is 14.5. The van der Waals surface area contributed by atoms with Crippen LogP contribution in [0.5, 0.6) is 0 Å². The molecule has 1 saturated carbocycles. The minimum absolute atomic E-state index is 0.0465. The van der Waals surface area contributed by atoms with Gasteiger partial charge in [0.2, 0.25) is 5.91 Å². The van der Waals surface area contributed by atoms with Crippen molar-refractivity contribution in [3.05, 3.63) is 29.8 Å². The summed E-state index contributed by atoms with van der Waals surface area (Å²) in [7, 11) is 0. The second-order valence-electron chi connectivity index (χ2n) is 9.24. The summed E-state index contributed by atoms with van der Waals surface area (Å²) in [6, 6.07) is 8.75. The maximum atomic E-state index is 12.0. The van der Waals surface area contributed by atoms with E-state index in [0.29, 0.717) is 11.8 Å². The van der Waals surface area contributed by atoms with E-state index < -0.39 is 0 Å². The fourth-order valence-electron chi connectivity index (χ4n) is 5.74. The first-order valence-corrected chi connectivity index (χ1v) is 10.7. The molecular weight excluding hydrogens is 336 g/mol. The number of amides is 1. The van der Waals surface area contributed by atoms with E-state index in [2.05, 4.69) is 48.3 Å². The monoisotopic (exact) mass is 370 g/mol. The van der Waals surface area contributed by atoms with Crippen molar-refractivity contribution in [2.75, 3.05) is 18.0 Å². The number of benzene rings is 1. The number of anilines is 1. The molecule has 1 aromatic rings. The predicted octanol–water partition coefficient (Wildman–Crippen LogP) is 4.45. The van der Waals surface area contributed by atoms with Crippen LogP contribution in [0.4, 0.5) is 5.69 Å². The maximum Gasteiger partial charge on any atom is 0.217 e. The molecule has 5 atom stereocenters. The van der Waals surface area contributed by atoms with Gasteiger partial charge in [-0.2, -0.15) is 0 Å². The summed E-state index contributed by atoms with van der Waals surface area (Å²) in [5.74, 6) is 1.18. The molecule has 2 heterocycles. The van der Waals surface area contributed by atoms with E-state index in [1.165, 1.54) is 30.5 Å². The van der Waals surface area contributed by atoms with Crippen LogP contribution in [0.25, 0.3) is 0 Å². The van der Waals surface area contributed by atoms with E-state index in [1.807, 2.05) is 0 Å². The largest absolute Gasteiger partial charge is 0.371 e. The number of rotatable bonds is 3. The van der Waals surface area contributed by atoms with Gasteiger partial charge in [-0.15, -0.1) is 0 Å². The molecule has 27 heavy (non-hydrogen) atoms. The van der Waals surface area contributed by atoms with Crippen molar-refractivity contribution in [3.8, 4) is 0 Å². The number of fused-ring (bicyclic) bond motifs is 1. The molecule has 0 aromatic heterocycles. The van der Waals surface area contributed by atoms with Crippen LogP contribution in [0.3, 0.4) is 0 Å². The van der Waals surface area contributed by atoms with Crippen LogP contribution in [0, 0.1) is 11.8 Å². The second kappa shape index (κ2) is 7.46. The SMILES string of the molecule is CC(=O)N[C@]1(C)C[C@H](c2ccccc2N2CCCC2)O[C@@H]2C[C@H](C)CC[C@H]21. The van der Waals surface area contributed by atoms with E-state index in [1.54, 1.807) is 6.92 Å². The zero-order valence-electron chi connectivity index (χ0n) is 17.0. The number of nitrogens with one attached hydrogen (secondary N) is 1. The lowest BCUT2D eigenvalue weighted by Crippen LogP contribution is -2.60. The molecule has 4 rings (SSSR count). The average Bonchev–Trinajstić information content (AvgIpc) is 3.15.